The molecule has 26 heavy (non-hydrogen) atoms. The molecule has 6 nitrogen and oxygen atoms in total. The lowest BCUT2D eigenvalue weighted by atomic mass is 10.2. The van der Waals surface area contributed by atoms with Crippen LogP contribution in [-0.2, 0) is 14.3 Å². The summed E-state index contributed by atoms with van der Waals surface area (Å²) in [5.74, 6) is -0.651. The van der Waals surface area contributed by atoms with Crippen LogP contribution in [0.4, 0.5) is 5.69 Å². The number of hydrogen-bond acceptors (Lipinski definition) is 4. The molecule has 142 valence electrons. The van der Waals surface area contributed by atoms with Crippen LogP contribution in [0.15, 0.2) is 24.3 Å². The van der Waals surface area contributed by atoms with Crippen LogP contribution in [0.5, 0.6) is 0 Å². The molecule has 0 aliphatic carbocycles. The average molecular weight is 360 g/mol. The van der Waals surface area contributed by atoms with E-state index in [1.54, 1.807) is 41.0 Å². The van der Waals surface area contributed by atoms with E-state index in [0.717, 1.165) is 12.1 Å². The number of benzene rings is 1. The van der Waals surface area contributed by atoms with Gasteiger partial charge in [-0.15, -0.1) is 0 Å². The molecule has 6 heteroatoms. The van der Waals surface area contributed by atoms with Crippen molar-refractivity contribution in [2.45, 2.75) is 65.6 Å². The van der Waals surface area contributed by atoms with Gasteiger partial charge in [-0.25, -0.2) is 4.79 Å². The summed E-state index contributed by atoms with van der Waals surface area (Å²) in [5, 5.41) is 0. The molecule has 1 saturated heterocycles. The standard InChI is InChI=1S/C20H28N2O4/c1-13(2)22(14(3)4)19(24)15(5)26-20(25)16-8-10-17(11-9-16)21-12-6-7-18(21)23/h8-11,13-15H,6-7,12H2,1-5H3. The Kier molecular flexibility index (Phi) is 6.40. The van der Waals surface area contributed by atoms with Gasteiger partial charge in [-0.3, -0.25) is 9.59 Å². The van der Waals surface area contributed by atoms with E-state index in [9.17, 15) is 14.4 Å². The molecule has 1 fully saturated rings. The molecule has 1 aromatic rings. The zero-order chi connectivity index (χ0) is 19.4. The van der Waals surface area contributed by atoms with Gasteiger partial charge in [-0.2, -0.15) is 0 Å². The lowest BCUT2D eigenvalue weighted by Gasteiger charge is -2.32. The second kappa shape index (κ2) is 8.34. The summed E-state index contributed by atoms with van der Waals surface area (Å²) >= 11 is 0. The molecular formula is C20H28N2O4. The fourth-order valence-corrected chi connectivity index (χ4v) is 3.29. The summed E-state index contributed by atoms with van der Waals surface area (Å²) in [4.78, 5) is 40.1. The van der Waals surface area contributed by atoms with Gasteiger partial charge in [0, 0.05) is 30.7 Å². The zero-order valence-electron chi connectivity index (χ0n) is 16.2. The second-order valence-electron chi connectivity index (χ2n) is 7.18. The quantitative estimate of drug-likeness (QED) is 0.732. The van der Waals surface area contributed by atoms with E-state index >= 15 is 0 Å². The van der Waals surface area contributed by atoms with Crippen LogP contribution in [-0.4, -0.2) is 47.4 Å². The Morgan fingerprint density at radius 3 is 2.08 bits per heavy atom. The fourth-order valence-electron chi connectivity index (χ4n) is 3.29. The van der Waals surface area contributed by atoms with Gasteiger partial charge in [0.15, 0.2) is 6.10 Å². The maximum Gasteiger partial charge on any atom is 0.338 e. The van der Waals surface area contributed by atoms with E-state index in [1.165, 1.54) is 0 Å². The van der Waals surface area contributed by atoms with Crippen molar-refractivity contribution < 1.29 is 19.1 Å². The second-order valence-corrected chi connectivity index (χ2v) is 7.18. The van der Waals surface area contributed by atoms with Crippen molar-refractivity contribution >= 4 is 23.5 Å². The third kappa shape index (κ3) is 4.42. The van der Waals surface area contributed by atoms with Crippen molar-refractivity contribution in [1.82, 2.24) is 4.90 Å². The first-order valence-electron chi connectivity index (χ1n) is 9.16. The lowest BCUT2D eigenvalue weighted by Crippen LogP contribution is -2.47. The van der Waals surface area contributed by atoms with Crippen LogP contribution >= 0.6 is 0 Å². The van der Waals surface area contributed by atoms with Crippen molar-refractivity contribution in [3.8, 4) is 0 Å². The number of esters is 1. The summed E-state index contributed by atoms with van der Waals surface area (Å²) < 4.78 is 5.36. The first-order valence-corrected chi connectivity index (χ1v) is 9.16. The molecule has 1 heterocycles. The van der Waals surface area contributed by atoms with Gasteiger partial charge in [0.25, 0.3) is 5.91 Å². The smallest absolute Gasteiger partial charge is 0.338 e. The number of anilines is 1. The van der Waals surface area contributed by atoms with Crippen molar-refractivity contribution in [2.75, 3.05) is 11.4 Å². The molecular weight excluding hydrogens is 332 g/mol. The highest BCUT2D eigenvalue weighted by atomic mass is 16.5. The Bertz CT molecular complexity index is 659. The highest BCUT2D eigenvalue weighted by molar-refractivity contribution is 5.96. The van der Waals surface area contributed by atoms with Gasteiger partial charge < -0.3 is 14.5 Å². The predicted molar refractivity (Wildman–Crippen MR) is 100 cm³/mol. The maximum absolute atomic E-state index is 12.6. The lowest BCUT2D eigenvalue weighted by molar-refractivity contribution is -0.143. The van der Waals surface area contributed by atoms with Crippen molar-refractivity contribution in [3.05, 3.63) is 29.8 Å². The summed E-state index contributed by atoms with van der Waals surface area (Å²) in [6.45, 7) is 10.0. The van der Waals surface area contributed by atoms with E-state index < -0.39 is 12.1 Å². The van der Waals surface area contributed by atoms with Crippen LogP contribution < -0.4 is 4.90 Å². The molecule has 0 saturated carbocycles. The molecule has 0 N–H and O–H groups in total. The van der Waals surface area contributed by atoms with Gasteiger partial charge in [0.2, 0.25) is 5.91 Å². The van der Waals surface area contributed by atoms with Gasteiger partial charge in [0.1, 0.15) is 0 Å². The van der Waals surface area contributed by atoms with Crippen molar-refractivity contribution in [2.24, 2.45) is 0 Å². The molecule has 1 aromatic carbocycles. The van der Waals surface area contributed by atoms with Crippen LogP contribution in [0.3, 0.4) is 0 Å². The summed E-state index contributed by atoms with van der Waals surface area (Å²) in [6.07, 6.45) is 0.558. The van der Waals surface area contributed by atoms with Crippen molar-refractivity contribution in [3.63, 3.8) is 0 Å². The van der Waals surface area contributed by atoms with E-state index in [2.05, 4.69) is 0 Å². The Balaban J connectivity index is 2.02. The number of rotatable bonds is 6. The van der Waals surface area contributed by atoms with Crippen LogP contribution in [0.25, 0.3) is 0 Å². The fraction of sp³-hybridized carbons (Fsp3) is 0.550. The number of carbonyl (C=O) groups excluding carboxylic acids is 3. The predicted octanol–water partition coefficient (Wildman–Crippen LogP) is 3.00. The highest BCUT2D eigenvalue weighted by Gasteiger charge is 2.28. The number of hydrogen-bond donors (Lipinski definition) is 0. The third-order valence-corrected chi connectivity index (χ3v) is 4.49. The SMILES string of the molecule is CC(OC(=O)c1ccc(N2CCCC2=O)cc1)C(=O)N(C(C)C)C(C)C. The first kappa shape index (κ1) is 19.9. The first-order chi connectivity index (χ1) is 12.2. The van der Waals surface area contributed by atoms with Gasteiger partial charge in [-0.1, -0.05) is 0 Å². The molecule has 1 unspecified atom stereocenters. The minimum Gasteiger partial charge on any atom is -0.449 e. The third-order valence-electron chi connectivity index (χ3n) is 4.49. The van der Waals surface area contributed by atoms with Gasteiger partial charge in [-0.05, 0) is 65.3 Å². The summed E-state index contributed by atoms with van der Waals surface area (Å²) in [6, 6.07) is 6.79. The van der Waals surface area contributed by atoms with E-state index in [1.807, 2.05) is 27.7 Å². The van der Waals surface area contributed by atoms with E-state index in [4.69, 9.17) is 4.74 Å². The van der Waals surface area contributed by atoms with Gasteiger partial charge >= 0.3 is 5.97 Å². The van der Waals surface area contributed by atoms with E-state index in [0.29, 0.717) is 18.5 Å². The highest BCUT2D eigenvalue weighted by Crippen LogP contribution is 2.22. The molecule has 1 atom stereocenters. The molecule has 0 bridgehead atoms. The Morgan fingerprint density at radius 2 is 1.62 bits per heavy atom. The molecule has 2 amide bonds. The minimum absolute atomic E-state index is 0.0286. The summed E-state index contributed by atoms with van der Waals surface area (Å²) in [5.41, 5.74) is 1.14. The largest absolute Gasteiger partial charge is 0.449 e. The maximum atomic E-state index is 12.6. The molecule has 1 aliphatic heterocycles. The monoisotopic (exact) mass is 360 g/mol. The normalized spacial score (nSPS) is 15.5. The molecule has 0 radical (unpaired) electrons. The summed E-state index contributed by atoms with van der Waals surface area (Å²) in [7, 11) is 0. The Morgan fingerprint density at radius 1 is 1.04 bits per heavy atom. The van der Waals surface area contributed by atoms with Gasteiger partial charge in [0.05, 0.1) is 5.56 Å². The molecule has 0 spiro atoms. The zero-order valence-corrected chi connectivity index (χ0v) is 16.2. The topological polar surface area (TPSA) is 66.9 Å². The Labute approximate surface area is 155 Å². The van der Waals surface area contributed by atoms with Crippen LogP contribution in [0.1, 0.15) is 57.8 Å². The number of nitrogens with zero attached hydrogens (tertiary/aromatic N) is 2. The average Bonchev–Trinajstić information content (AvgIpc) is 3.00. The van der Waals surface area contributed by atoms with Crippen LogP contribution in [0, 0.1) is 0 Å². The molecule has 1 aliphatic rings. The van der Waals surface area contributed by atoms with Crippen LogP contribution in [0.2, 0.25) is 0 Å². The number of carbonyl (C=O) groups is 3. The van der Waals surface area contributed by atoms with Crippen molar-refractivity contribution in [1.29, 1.82) is 0 Å². The number of ether oxygens (including phenoxy) is 1. The molecule has 2 rings (SSSR count). The number of amides is 2. The van der Waals surface area contributed by atoms with E-state index in [-0.39, 0.29) is 23.9 Å². The molecule has 0 aromatic heterocycles. The Hall–Kier alpha value is -2.37. The minimum atomic E-state index is -0.855.